The minimum atomic E-state index is -0.120. The topological polar surface area (TPSA) is 61.9 Å². The number of carbonyl (C=O) groups excluding carboxylic acids is 2. The van der Waals surface area contributed by atoms with Gasteiger partial charge in [0, 0.05) is 45.0 Å². The molecule has 1 atom stereocenters. The predicted molar refractivity (Wildman–Crippen MR) is 129 cm³/mol. The lowest BCUT2D eigenvalue weighted by atomic mass is 10.0. The molecule has 1 N–H and O–H groups in total. The Kier molecular flexibility index (Phi) is 8.28. The van der Waals surface area contributed by atoms with E-state index in [1.807, 2.05) is 79.3 Å². The molecule has 1 aliphatic carbocycles. The van der Waals surface area contributed by atoms with Crippen molar-refractivity contribution in [3.8, 4) is 0 Å². The summed E-state index contributed by atoms with van der Waals surface area (Å²) < 4.78 is 5.16. The maximum absolute atomic E-state index is 13.0. The maximum atomic E-state index is 13.0. The summed E-state index contributed by atoms with van der Waals surface area (Å²) in [6.45, 7) is 2.47. The van der Waals surface area contributed by atoms with Crippen molar-refractivity contribution in [2.24, 2.45) is 5.92 Å². The summed E-state index contributed by atoms with van der Waals surface area (Å²) in [5, 5.41) is 3.09. The first-order valence-corrected chi connectivity index (χ1v) is 11.3. The predicted octanol–water partition coefficient (Wildman–Crippen LogP) is 4.62. The van der Waals surface area contributed by atoms with Gasteiger partial charge in [0.05, 0.1) is 6.04 Å². The Labute approximate surface area is 191 Å². The van der Waals surface area contributed by atoms with Crippen LogP contribution in [0.5, 0.6) is 0 Å². The van der Waals surface area contributed by atoms with Crippen molar-refractivity contribution in [3.05, 3.63) is 59.7 Å². The molecule has 0 spiro atoms. The number of anilines is 2. The van der Waals surface area contributed by atoms with Gasteiger partial charge in [0.2, 0.25) is 11.8 Å². The van der Waals surface area contributed by atoms with E-state index in [9.17, 15) is 9.59 Å². The van der Waals surface area contributed by atoms with Crippen molar-refractivity contribution in [2.75, 3.05) is 38.0 Å². The summed E-state index contributed by atoms with van der Waals surface area (Å²) in [5.74, 6) is 0.120. The van der Waals surface area contributed by atoms with Crippen molar-refractivity contribution in [1.29, 1.82) is 0 Å². The second kappa shape index (κ2) is 11.1. The molecular weight excluding hydrogens is 402 g/mol. The number of hydrogen-bond donors (Lipinski definition) is 1. The number of methoxy groups -OCH3 is 1. The van der Waals surface area contributed by atoms with E-state index in [1.54, 1.807) is 0 Å². The van der Waals surface area contributed by atoms with Crippen LogP contribution in [0.4, 0.5) is 11.4 Å². The Morgan fingerprint density at radius 3 is 2.41 bits per heavy atom. The van der Waals surface area contributed by atoms with Crippen molar-refractivity contribution < 1.29 is 14.3 Å². The number of nitrogens with zero attached hydrogens (tertiary/aromatic N) is 2. The number of benzene rings is 2. The fraction of sp³-hybridized carbons (Fsp3) is 0.462. The lowest BCUT2D eigenvalue weighted by Crippen LogP contribution is -2.36. The highest BCUT2D eigenvalue weighted by Crippen LogP contribution is 2.30. The summed E-state index contributed by atoms with van der Waals surface area (Å²) in [6.07, 6.45) is 4.17. The van der Waals surface area contributed by atoms with Crippen LogP contribution in [0.25, 0.3) is 0 Å². The van der Waals surface area contributed by atoms with Crippen LogP contribution in [0.15, 0.2) is 48.5 Å². The van der Waals surface area contributed by atoms with Crippen molar-refractivity contribution in [1.82, 2.24) is 4.90 Å². The highest BCUT2D eigenvalue weighted by atomic mass is 16.5. The third kappa shape index (κ3) is 5.88. The Morgan fingerprint density at radius 1 is 1.09 bits per heavy atom. The minimum absolute atomic E-state index is 0.0204. The molecule has 1 aliphatic rings. The minimum Gasteiger partial charge on any atom is -0.377 e. The number of nitrogens with one attached hydrogen (secondary N) is 1. The third-order valence-electron chi connectivity index (χ3n) is 6.23. The van der Waals surface area contributed by atoms with Crippen LogP contribution in [0.2, 0.25) is 0 Å². The fourth-order valence-electron chi connectivity index (χ4n) is 4.40. The quantitative estimate of drug-likeness (QED) is 0.622. The van der Waals surface area contributed by atoms with Crippen LogP contribution in [0, 0.1) is 5.92 Å². The maximum Gasteiger partial charge on any atom is 0.249 e. The molecule has 1 fully saturated rings. The normalized spacial score (nSPS) is 14.8. The first kappa shape index (κ1) is 23.8. The van der Waals surface area contributed by atoms with Gasteiger partial charge in [-0.2, -0.15) is 0 Å². The van der Waals surface area contributed by atoms with Crippen LogP contribution in [-0.4, -0.2) is 44.5 Å². The zero-order chi connectivity index (χ0) is 23.1. The molecule has 6 heteroatoms. The van der Waals surface area contributed by atoms with Crippen LogP contribution in [0.1, 0.15) is 49.8 Å². The number of amides is 2. The second-order valence-electron chi connectivity index (χ2n) is 8.75. The smallest absolute Gasteiger partial charge is 0.249 e. The molecule has 32 heavy (non-hydrogen) atoms. The van der Waals surface area contributed by atoms with Gasteiger partial charge < -0.3 is 19.9 Å². The van der Waals surface area contributed by atoms with E-state index in [2.05, 4.69) is 5.32 Å². The summed E-state index contributed by atoms with van der Waals surface area (Å²) in [7, 11) is 5.50. The Balaban J connectivity index is 1.88. The molecule has 1 saturated carbocycles. The van der Waals surface area contributed by atoms with Crippen molar-refractivity contribution in [2.45, 2.75) is 45.2 Å². The number of rotatable bonds is 9. The molecule has 0 aliphatic heterocycles. The van der Waals surface area contributed by atoms with Crippen LogP contribution in [-0.2, 0) is 20.9 Å². The SMILES string of the molecule is COCC(=O)N(Cc1cc(NC(=O)C2CCCC2)ccc1N(C)C)C(C)c1ccccc1. The van der Waals surface area contributed by atoms with Gasteiger partial charge in [0.25, 0.3) is 0 Å². The van der Waals surface area contributed by atoms with Crippen molar-refractivity contribution >= 4 is 23.2 Å². The molecule has 0 bridgehead atoms. The largest absolute Gasteiger partial charge is 0.377 e. The summed E-state index contributed by atoms with van der Waals surface area (Å²) in [6, 6.07) is 15.8. The van der Waals surface area contributed by atoms with Gasteiger partial charge in [-0.1, -0.05) is 43.2 Å². The highest BCUT2D eigenvalue weighted by Gasteiger charge is 2.25. The van der Waals surface area contributed by atoms with Gasteiger partial charge in [0.15, 0.2) is 0 Å². The molecule has 3 rings (SSSR count). The van der Waals surface area contributed by atoms with Gasteiger partial charge >= 0.3 is 0 Å². The van der Waals surface area contributed by atoms with Gasteiger partial charge in [-0.25, -0.2) is 0 Å². The van der Waals surface area contributed by atoms with Gasteiger partial charge in [-0.05, 0) is 49.1 Å². The van der Waals surface area contributed by atoms with E-state index in [4.69, 9.17) is 4.74 Å². The number of carbonyl (C=O) groups is 2. The standard InChI is InChI=1S/C26H35N3O3/c1-19(20-10-6-5-7-11-20)29(25(30)18-32-4)17-22-16-23(14-15-24(22)28(2)3)27-26(31)21-12-8-9-13-21/h5-7,10-11,14-16,19,21H,8-9,12-13,17-18H2,1-4H3,(H,27,31). The number of hydrogen-bond acceptors (Lipinski definition) is 4. The summed E-state index contributed by atoms with van der Waals surface area (Å²) in [5.41, 5.74) is 3.83. The fourth-order valence-corrected chi connectivity index (χ4v) is 4.40. The Bertz CT molecular complexity index is 908. The molecule has 172 valence electrons. The zero-order valence-corrected chi connectivity index (χ0v) is 19.6. The van der Waals surface area contributed by atoms with E-state index < -0.39 is 0 Å². The lowest BCUT2D eigenvalue weighted by Gasteiger charge is -2.31. The molecule has 0 aromatic heterocycles. The Hall–Kier alpha value is -2.86. The average Bonchev–Trinajstić information content (AvgIpc) is 3.33. The first-order chi connectivity index (χ1) is 15.4. The Morgan fingerprint density at radius 2 is 1.78 bits per heavy atom. The zero-order valence-electron chi connectivity index (χ0n) is 19.6. The van der Waals surface area contributed by atoms with E-state index in [0.29, 0.717) is 6.54 Å². The molecule has 1 unspecified atom stereocenters. The van der Waals surface area contributed by atoms with Crippen LogP contribution < -0.4 is 10.2 Å². The molecule has 2 amide bonds. The summed E-state index contributed by atoms with van der Waals surface area (Å²) in [4.78, 5) is 29.5. The number of ether oxygens (including phenoxy) is 1. The van der Waals surface area contributed by atoms with Gasteiger partial charge in [0.1, 0.15) is 6.61 Å². The van der Waals surface area contributed by atoms with Crippen LogP contribution in [0.3, 0.4) is 0 Å². The van der Waals surface area contributed by atoms with Gasteiger partial charge in [-0.3, -0.25) is 9.59 Å². The third-order valence-corrected chi connectivity index (χ3v) is 6.23. The van der Waals surface area contributed by atoms with Crippen LogP contribution >= 0.6 is 0 Å². The van der Waals surface area contributed by atoms with E-state index in [-0.39, 0.29) is 30.4 Å². The average molecular weight is 438 g/mol. The molecular formula is C26H35N3O3. The van der Waals surface area contributed by atoms with E-state index in [0.717, 1.165) is 48.2 Å². The second-order valence-corrected chi connectivity index (χ2v) is 8.75. The lowest BCUT2D eigenvalue weighted by molar-refractivity contribution is -0.138. The molecule has 0 saturated heterocycles. The monoisotopic (exact) mass is 437 g/mol. The molecule has 0 radical (unpaired) electrons. The molecule has 6 nitrogen and oxygen atoms in total. The van der Waals surface area contributed by atoms with Gasteiger partial charge in [-0.15, -0.1) is 0 Å². The van der Waals surface area contributed by atoms with Crippen molar-refractivity contribution in [3.63, 3.8) is 0 Å². The molecule has 2 aromatic rings. The van der Waals surface area contributed by atoms with E-state index >= 15 is 0 Å². The highest BCUT2D eigenvalue weighted by molar-refractivity contribution is 5.93. The first-order valence-electron chi connectivity index (χ1n) is 11.3. The van der Waals surface area contributed by atoms with E-state index in [1.165, 1.54) is 7.11 Å². The molecule has 0 heterocycles. The molecule has 2 aromatic carbocycles. The summed E-state index contributed by atoms with van der Waals surface area (Å²) >= 11 is 0.